The van der Waals surface area contributed by atoms with Gasteiger partial charge in [-0.15, -0.1) is 0 Å². The Hall–Kier alpha value is -0.510. The molecule has 0 fully saturated rings. The Labute approximate surface area is 141 Å². The predicted molar refractivity (Wildman–Crippen MR) is 92.4 cm³/mol. The Morgan fingerprint density at radius 2 is 1.90 bits per heavy atom. The van der Waals surface area contributed by atoms with Crippen molar-refractivity contribution < 1.29 is 4.74 Å². The molecule has 0 amide bonds. The topological polar surface area (TPSA) is 9.23 Å². The molecule has 0 N–H and O–H groups in total. The number of benzene rings is 2. The fourth-order valence-electron chi connectivity index (χ4n) is 1.95. The first-order valence-electron chi connectivity index (χ1n) is 6.33. The van der Waals surface area contributed by atoms with Crippen LogP contribution >= 0.6 is 43.5 Å². The van der Waals surface area contributed by atoms with Gasteiger partial charge >= 0.3 is 0 Å². The molecule has 0 aliphatic rings. The summed E-state index contributed by atoms with van der Waals surface area (Å²) in [5.74, 6) is 2.04. The minimum absolute atomic E-state index is 0.383. The van der Waals surface area contributed by atoms with Crippen LogP contribution in [0.1, 0.15) is 30.9 Å². The number of hydrogen-bond acceptors (Lipinski definition) is 1. The Morgan fingerprint density at radius 1 is 1.15 bits per heavy atom. The van der Waals surface area contributed by atoms with Gasteiger partial charge in [0.15, 0.2) is 0 Å². The fourth-order valence-corrected chi connectivity index (χ4v) is 3.30. The summed E-state index contributed by atoms with van der Waals surface area (Å²) in [6.45, 7) is 4.30. The quantitative estimate of drug-likeness (QED) is 0.490. The number of rotatable bonds is 4. The highest BCUT2D eigenvalue weighted by Gasteiger charge is 2.13. The molecule has 2 rings (SSSR count). The van der Waals surface area contributed by atoms with Crippen LogP contribution in [0.25, 0.3) is 0 Å². The second kappa shape index (κ2) is 6.97. The molecular formula is C16H15Br2ClO. The molecule has 0 heterocycles. The number of alkyl halides is 1. The van der Waals surface area contributed by atoms with Crippen molar-refractivity contribution >= 4 is 43.5 Å². The van der Waals surface area contributed by atoms with Gasteiger partial charge in [0, 0.05) is 20.4 Å². The van der Waals surface area contributed by atoms with E-state index < -0.39 is 0 Å². The molecule has 20 heavy (non-hydrogen) atoms. The maximum absolute atomic E-state index is 6.21. The highest BCUT2D eigenvalue weighted by molar-refractivity contribution is 9.10. The van der Waals surface area contributed by atoms with Crippen molar-refractivity contribution in [3.63, 3.8) is 0 Å². The molecule has 0 saturated heterocycles. The molecule has 2 aromatic rings. The van der Waals surface area contributed by atoms with Crippen molar-refractivity contribution in [2.45, 2.75) is 25.1 Å². The van der Waals surface area contributed by atoms with E-state index in [1.807, 2.05) is 30.3 Å². The Morgan fingerprint density at radius 3 is 2.55 bits per heavy atom. The van der Waals surface area contributed by atoms with Crippen molar-refractivity contribution in [3.8, 4) is 11.5 Å². The zero-order valence-electron chi connectivity index (χ0n) is 11.3. The lowest BCUT2D eigenvalue weighted by Gasteiger charge is -2.16. The van der Waals surface area contributed by atoms with E-state index in [-0.39, 0.29) is 0 Å². The monoisotopic (exact) mass is 416 g/mol. The van der Waals surface area contributed by atoms with Crippen molar-refractivity contribution in [1.82, 2.24) is 0 Å². The third-order valence-electron chi connectivity index (χ3n) is 3.02. The molecule has 0 aromatic heterocycles. The van der Waals surface area contributed by atoms with Crippen molar-refractivity contribution in [3.05, 3.63) is 57.0 Å². The third-order valence-corrected chi connectivity index (χ3v) is 4.43. The van der Waals surface area contributed by atoms with Gasteiger partial charge in [-0.05, 0) is 41.8 Å². The molecule has 0 spiro atoms. The van der Waals surface area contributed by atoms with Crippen LogP contribution in [-0.2, 0) is 5.33 Å². The lowest BCUT2D eigenvalue weighted by Crippen LogP contribution is -1.96. The molecular weight excluding hydrogens is 403 g/mol. The fraction of sp³-hybridized carbons (Fsp3) is 0.250. The van der Waals surface area contributed by atoms with E-state index in [4.69, 9.17) is 16.3 Å². The molecule has 0 atom stereocenters. The third kappa shape index (κ3) is 3.57. The first-order valence-corrected chi connectivity index (χ1v) is 8.62. The van der Waals surface area contributed by atoms with Gasteiger partial charge in [0.1, 0.15) is 11.5 Å². The summed E-state index contributed by atoms with van der Waals surface area (Å²) in [7, 11) is 0. The predicted octanol–water partition coefficient (Wildman–Crippen LogP) is 6.91. The van der Waals surface area contributed by atoms with E-state index in [1.54, 1.807) is 0 Å². The van der Waals surface area contributed by atoms with E-state index in [0.717, 1.165) is 21.5 Å². The molecule has 106 valence electrons. The molecule has 0 unspecified atom stereocenters. The first kappa shape index (κ1) is 15.9. The number of hydrogen-bond donors (Lipinski definition) is 0. The van der Waals surface area contributed by atoms with Crippen LogP contribution in [0, 0.1) is 0 Å². The van der Waals surface area contributed by atoms with Crippen LogP contribution in [0.4, 0.5) is 0 Å². The standard InChI is InChI=1S/C16H15Br2ClO/c1-10(2)12-8-11(18)6-7-16(12)20-15-5-3-4-14(19)13(15)9-17/h3-8,10H,9H2,1-2H3. The first-order chi connectivity index (χ1) is 9.52. The summed E-state index contributed by atoms with van der Waals surface area (Å²) in [5.41, 5.74) is 2.13. The normalized spacial score (nSPS) is 10.9. The van der Waals surface area contributed by atoms with Gasteiger partial charge in [0.2, 0.25) is 0 Å². The van der Waals surface area contributed by atoms with E-state index >= 15 is 0 Å². The van der Waals surface area contributed by atoms with Gasteiger partial charge in [0.25, 0.3) is 0 Å². The maximum atomic E-state index is 6.21. The van der Waals surface area contributed by atoms with Crippen LogP contribution in [0.5, 0.6) is 11.5 Å². The summed E-state index contributed by atoms with van der Waals surface area (Å²) in [5, 5.41) is 1.37. The summed E-state index contributed by atoms with van der Waals surface area (Å²) in [4.78, 5) is 0. The lowest BCUT2D eigenvalue weighted by atomic mass is 10.0. The van der Waals surface area contributed by atoms with Gasteiger partial charge in [-0.2, -0.15) is 0 Å². The average Bonchev–Trinajstić information content (AvgIpc) is 2.41. The van der Waals surface area contributed by atoms with E-state index in [9.17, 15) is 0 Å². The highest BCUT2D eigenvalue weighted by atomic mass is 79.9. The maximum Gasteiger partial charge on any atom is 0.132 e. The van der Waals surface area contributed by atoms with Crippen LogP contribution in [-0.4, -0.2) is 0 Å². The molecule has 0 bridgehead atoms. The minimum Gasteiger partial charge on any atom is -0.457 e. The zero-order chi connectivity index (χ0) is 14.7. The smallest absolute Gasteiger partial charge is 0.132 e. The van der Waals surface area contributed by atoms with Gasteiger partial charge in [-0.25, -0.2) is 0 Å². The molecule has 0 aliphatic heterocycles. The van der Waals surface area contributed by atoms with Crippen LogP contribution in [0.15, 0.2) is 40.9 Å². The molecule has 0 radical (unpaired) electrons. The van der Waals surface area contributed by atoms with Crippen molar-refractivity contribution in [2.24, 2.45) is 0 Å². The lowest BCUT2D eigenvalue weighted by molar-refractivity contribution is 0.469. The van der Waals surface area contributed by atoms with Gasteiger partial charge in [-0.3, -0.25) is 0 Å². The molecule has 2 aromatic carbocycles. The Bertz CT molecular complexity index is 611. The summed E-state index contributed by atoms with van der Waals surface area (Å²) >= 11 is 13.2. The van der Waals surface area contributed by atoms with Gasteiger partial charge < -0.3 is 4.74 Å². The van der Waals surface area contributed by atoms with Crippen LogP contribution < -0.4 is 4.74 Å². The Kier molecular flexibility index (Phi) is 5.53. The summed E-state index contributed by atoms with van der Waals surface area (Å²) in [6.07, 6.45) is 0. The highest BCUT2D eigenvalue weighted by Crippen LogP contribution is 2.36. The van der Waals surface area contributed by atoms with E-state index in [1.165, 1.54) is 5.56 Å². The summed E-state index contributed by atoms with van der Waals surface area (Å²) in [6, 6.07) is 11.8. The average molecular weight is 419 g/mol. The van der Waals surface area contributed by atoms with E-state index in [2.05, 4.69) is 51.8 Å². The SMILES string of the molecule is CC(C)c1cc(Br)ccc1Oc1cccc(Cl)c1CBr. The molecule has 0 aliphatic carbocycles. The van der Waals surface area contributed by atoms with Crippen molar-refractivity contribution in [1.29, 1.82) is 0 Å². The largest absolute Gasteiger partial charge is 0.457 e. The van der Waals surface area contributed by atoms with Gasteiger partial charge in [0.05, 0.1) is 0 Å². The van der Waals surface area contributed by atoms with Crippen LogP contribution in [0.3, 0.4) is 0 Å². The number of ether oxygens (including phenoxy) is 1. The molecule has 1 nitrogen and oxygen atoms in total. The number of halogens is 3. The second-order valence-corrected chi connectivity index (χ2v) is 6.67. The molecule has 4 heteroatoms. The minimum atomic E-state index is 0.383. The molecule has 0 saturated carbocycles. The van der Waals surface area contributed by atoms with Crippen molar-refractivity contribution in [2.75, 3.05) is 0 Å². The van der Waals surface area contributed by atoms with E-state index in [0.29, 0.717) is 16.3 Å². The summed E-state index contributed by atoms with van der Waals surface area (Å²) < 4.78 is 7.15. The van der Waals surface area contributed by atoms with Crippen LogP contribution in [0.2, 0.25) is 5.02 Å². The van der Waals surface area contributed by atoms with Gasteiger partial charge in [-0.1, -0.05) is 63.4 Å². The zero-order valence-corrected chi connectivity index (χ0v) is 15.2. The second-order valence-electron chi connectivity index (χ2n) is 4.79. The Balaban J connectivity index is 2.42.